The molecule has 0 amide bonds. The predicted octanol–water partition coefficient (Wildman–Crippen LogP) is 2.24. The molecule has 0 saturated heterocycles. The molecule has 0 aliphatic rings. The van der Waals surface area contributed by atoms with Crippen LogP contribution in [-0.2, 0) is 0 Å². The van der Waals surface area contributed by atoms with Gasteiger partial charge in [-0.3, -0.25) is 10.1 Å². The summed E-state index contributed by atoms with van der Waals surface area (Å²) in [6, 6.07) is 0. The molecule has 1 N–H and O–H groups in total. The van der Waals surface area contributed by atoms with Crippen LogP contribution < -0.4 is 5.32 Å². The molecule has 0 fully saturated rings. The highest BCUT2D eigenvalue weighted by Gasteiger charge is 2.25. The molecule has 21 heavy (non-hydrogen) atoms. The van der Waals surface area contributed by atoms with Gasteiger partial charge in [-0.05, 0) is 40.2 Å². The fourth-order valence-electron chi connectivity index (χ4n) is 2.08. The number of hydrogen-bond acceptors (Lipinski definition) is 6. The molecular formula is C13H18N6O2. The van der Waals surface area contributed by atoms with Crippen LogP contribution in [0.25, 0.3) is 5.82 Å². The van der Waals surface area contributed by atoms with Crippen molar-refractivity contribution in [2.24, 2.45) is 0 Å². The van der Waals surface area contributed by atoms with Gasteiger partial charge in [0.25, 0.3) is 0 Å². The monoisotopic (exact) mass is 290 g/mol. The highest BCUT2D eigenvalue weighted by Crippen LogP contribution is 2.27. The van der Waals surface area contributed by atoms with Crippen molar-refractivity contribution in [3.05, 3.63) is 32.8 Å². The maximum Gasteiger partial charge on any atom is 0.334 e. The minimum absolute atomic E-state index is 0.123. The van der Waals surface area contributed by atoms with Crippen molar-refractivity contribution in [1.82, 2.24) is 19.7 Å². The second kappa shape index (κ2) is 5.47. The maximum absolute atomic E-state index is 11.4. The zero-order valence-corrected chi connectivity index (χ0v) is 12.8. The quantitative estimate of drug-likeness (QED) is 0.684. The van der Waals surface area contributed by atoms with Gasteiger partial charge in [-0.2, -0.15) is 10.1 Å². The summed E-state index contributed by atoms with van der Waals surface area (Å²) in [6.45, 7) is 9.80. The summed E-state index contributed by atoms with van der Waals surface area (Å²) in [5, 5.41) is 18.7. The van der Waals surface area contributed by atoms with Crippen molar-refractivity contribution in [2.75, 3.05) is 11.9 Å². The molecule has 0 aliphatic carbocycles. The minimum Gasteiger partial charge on any atom is -0.354 e. The third kappa shape index (κ3) is 2.56. The number of aryl methyl sites for hydroxylation is 2. The summed E-state index contributed by atoms with van der Waals surface area (Å²) in [4.78, 5) is 19.3. The minimum atomic E-state index is -0.466. The number of aromatic nitrogens is 4. The van der Waals surface area contributed by atoms with Gasteiger partial charge >= 0.3 is 5.69 Å². The van der Waals surface area contributed by atoms with E-state index in [-0.39, 0.29) is 11.5 Å². The van der Waals surface area contributed by atoms with Crippen molar-refractivity contribution in [3.63, 3.8) is 0 Å². The number of anilines is 1. The first-order chi connectivity index (χ1) is 9.86. The Kier molecular flexibility index (Phi) is 3.88. The molecule has 0 aromatic carbocycles. The highest BCUT2D eigenvalue weighted by molar-refractivity contribution is 5.54. The fraction of sp³-hybridized carbons (Fsp3) is 0.462. The lowest BCUT2D eigenvalue weighted by atomic mass is 10.2. The Bertz CT molecular complexity index is 707. The van der Waals surface area contributed by atoms with E-state index in [1.54, 1.807) is 6.92 Å². The van der Waals surface area contributed by atoms with Crippen LogP contribution in [0.15, 0.2) is 0 Å². The van der Waals surface area contributed by atoms with E-state index in [0.717, 1.165) is 17.0 Å². The van der Waals surface area contributed by atoms with Gasteiger partial charge in [-0.1, -0.05) is 0 Å². The molecule has 2 rings (SSSR count). The van der Waals surface area contributed by atoms with Crippen LogP contribution in [0.2, 0.25) is 0 Å². The first kappa shape index (κ1) is 14.9. The van der Waals surface area contributed by atoms with Crippen LogP contribution in [0.3, 0.4) is 0 Å². The molecule has 0 spiro atoms. The van der Waals surface area contributed by atoms with E-state index < -0.39 is 4.92 Å². The molecule has 8 heteroatoms. The Morgan fingerprint density at radius 3 is 2.33 bits per heavy atom. The van der Waals surface area contributed by atoms with E-state index >= 15 is 0 Å². The molecule has 0 bridgehead atoms. The topological polar surface area (TPSA) is 98.8 Å². The van der Waals surface area contributed by atoms with Crippen LogP contribution in [-0.4, -0.2) is 31.2 Å². The molecule has 0 saturated carbocycles. The Balaban J connectivity index is 2.75. The Hall–Kier alpha value is -2.51. The lowest BCUT2D eigenvalue weighted by Gasteiger charge is -2.09. The Morgan fingerprint density at radius 2 is 1.86 bits per heavy atom. The molecule has 0 aliphatic heterocycles. The zero-order valence-electron chi connectivity index (χ0n) is 12.8. The molecule has 2 heterocycles. The predicted molar refractivity (Wildman–Crippen MR) is 78.9 cm³/mol. The maximum atomic E-state index is 11.4. The first-order valence-corrected chi connectivity index (χ1v) is 6.66. The van der Waals surface area contributed by atoms with E-state index in [4.69, 9.17) is 0 Å². The second-order valence-electron chi connectivity index (χ2n) is 4.80. The smallest absolute Gasteiger partial charge is 0.334 e. The van der Waals surface area contributed by atoms with Crippen molar-refractivity contribution in [3.8, 4) is 5.82 Å². The van der Waals surface area contributed by atoms with Gasteiger partial charge in [0.05, 0.1) is 10.6 Å². The molecule has 112 valence electrons. The van der Waals surface area contributed by atoms with Gasteiger partial charge in [0.2, 0.25) is 11.8 Å². The first-order valence-electron chi connectivity index (χ1n) is 6.66. The van der Waals surface area contributed by atoms with E-state index in [1.807, 2.05) is 27.7 Å². The fourth-order valence-corrected chi connectivity index (χ4v) is 2.08. The van der Waals surface area contributed by atoms with Gasteiger partial charge in [-0.25, -0.2) is 9.67 Å². The highest BCUT2D eigenvalue weighted by atomic mass is 16.6. The number of nitrogens with zero attached hydrogens (tertiary/aromatic N) is 5. The van der Waals surface area contributed by atoms with Gasteiger partial charge in [0, 0.05) is 12.2 Å². The van der Waals surface area contributed by atoms with Gasteiger partial charge in [0.15, 0.2) is 0 Å². The molecule has 2 aromatic rings. The Labute approximate surface area is 122 Å². The van der Waals surface area contributed by atoms with Gasteiger partial charge in [-0.15, -0.1) is 0 Å². The third-order valence-electron chi connectivity index (χ3n) is 3.41. The van der Waals surface area contributed by atoms with Gasteiger partial charge in [0.1, 0.15) is 5.69 Å². The largest absolute Gasteiger partial charge is 0.354 e. The molecule has 0 radical (unpaired) electrons. The van der Waals surface area contributed by atoms with Crippen LogP contribution in [0, 0.1) is 37.8 Å². The third-order valence-corrected chi connectivity index (χ3v) is 3.41. The lowest BCUT2D eigenvalue weighted by molar-refractivity contribution is -0.385. The van der Waals surface area contributed by atoms with Crippen molar-refractivity contribution in [2.45, 2.75) is 34.6 Å². The van der Waals surface area contributed by atoms with Crippen LogP contribution >= 0.6 is 0 Å². The summed E-state index contributed by atoms with van der Waals surface area (Å²) in [5.74, 6) is 0.554. The van der Waals surface area contributed by atoms with E-state index in [2.05, 4.69) is 20.4 Å². The average Bonchev–Trinajstić information content (AvgIpc) is 2.65. The summed E-state index contributed by atoms with van der Waals surface area (Å²) >= 11 is 0. The van der Waals surface area contributed by atoms with Crippen molar-refractivity contribution in [1.29, 1.82) is 0 Å². The summed E-state index contributed by atoms with van der Waals surface area (Å²) in [7, 11) is 0. The molecule has 8 nitrogen and oxygen atoms in total. The zero-order chi connectivity index (χ0) is 15.7. The number of nitrogens with one attached hydrogen (secondary N) is 1. The summed E-state index contributed by atoms with van der Waals surface area (Å²) in [6.07, 6.45) is 0. The number of rotatable bonds is 4. The van der Waals surface area contributed by atoms with Crippen molar-refractivity contribution < 1.29 is 4.92 Å². The van der Waals surface area contributed by atoms with E-state index in [9.17, 15) is 10.1 Å². The van der Waals surface area contributed by atoms with Gasteiger partial charge < -0.3 is 5.32 Å². The van der Waals surface area contributed by atoms with E-state index in [0.29, 0.717) is 18.2 Å². The molecule has 2 aromatic heterocycles. The molecule has 0 unspecified atom stereocenters. The molecule has 0 atom stereocenters. The second-order valence-corrected chi connectivity index (χ2v) is 4.80. The van der Waals surface area contributed by atoms with Crippen LogP contribution in [0.4, 0.5) is 11.6 Å². The van der Waals surface area contributed by atoms with Crippen molar-refractivity contribution >= 4 is 11.6 Å². The normalized spacial score (nSPS) is 10.7. The van der Waals surface area contributed by atoms with Crippen LogP contribution in [0.5, 0.6) is 0 Å². The lowest BCUT2D eigenvalue weighted by Crippen LogP contribution is -2.12. The average molecular weight is 290 g/mol. The standard InChI is InChI=1S/C13H18N6O2/c1-6-14-13-15-9(4)11(19(20)21)12(16-13)18-10(5)7(2)8(3)17-18/h6H2,1-5H3,(H,14,15,16). The molecular weight excluding hydrogens is 272 g/mol. The van der Waals surface area contributed by atoms with E-state index in [1.165, 1.54) is 4.68 Å². The summed E-state index contributed by atoms with van der Waals surface area (Å²) in [5.41, 5.74) is 2.83. The SMILES string of the molecule is CCNc1nc(C)c([N+](=O)[O-])c(-n2nc(C)c(C)c2C)n1. The Morgan fingerprint density at radius 1 is 1.19 bits per heavy atom. The number of hydrogen-bond donors (Lipinski definition) is 1. The summed E-state index contributed by atoms with van der Waals surface area (Å²) < 4.78 is 1.51. The number of nitro groups is 1. The van der Waals surface area contributed by atoms with Crippen LogP contribution in [0.1, 0.15) is 29.6 Å².